The lowest BCUT2D eigenvalue weighted by Crippen LogP contribution is -2.23. The van der Waals surface area contributed by atoms with Gasteiger partial charge in [0.15, 0.2) is 0 Å². The molecule has 1 aromatic heterocycles. The van der Waals surface area contributed by atoms with Crippen LogP contribution in [0, 0.1) is 6.92 Å². The average molecular weight is 284 g/mol. The number of rotatable bonds is 4. The van der Waals surface area contributed by atoms with Crippen LogP contribution in [0.3, 0.4) is 0 Å². The van der Waals surface area contributed by atoms with E-state index in [1.165, 1.54) is 7.11 Å². The number of benzene rings is 1. The van der Waals surface area contributed by atoms with Gasteiger partial charge in [-0.1, -0.05) is 6.07 Å². The molecular weight excluding hydrogens is 268 g/mol. The molecule has 2 aromatic rings. The van der Waals surface area contributed by atoms with Gasteiger partial charge >= 0.3 is 5.97 Å². The third kappa shape index (κ3) is 3.89. The van der Waals surface area contributed by atoms with E-state index in [0.29, 0.717) is 17.7 Å². The average Bonchev–Trinajstić information content (AvgIpc) is 2.52. The maximum absolute atomic E-state index is 12.0. The van der Waals surface area contributed by atoms with Crippen molar-refractivity contribution in [3.63, 3.8) is 0 Å². The van der Waals surface area contributed by atoms with Crippen LogP contribution in [0.2, 0.25) is 0 Å². The van der Waals surface area contributed by atoms with E-state index in [2.05, 4.69) is 15.0 Å². The number of pyridine rings is 1. The molecule has 0 radical (unpaired) electrons. The Morgan fingerprint density at radius 3 is 2.38 bits per heavy atom. The molecule has 5 nitrogen and oxygen atoms in total. The van der Waals surface area contributed by atoms with Crippen LogP contribution in [0.5, 0.6) is 0 Å². The molecular formula is C16H16N2O3. The second-order valence-electron chi connectivity index (χ2n) is 4.52. The summed E-state index contributed by atoms with van der Waals surface area (Å²) in [7, 11) is 1.32. The van der Waals surface area contributed by atoms with Crippen molar-refractivity contribution in [1.29, 1.82) is 0 Å². The Morgan fingerprint density at radius 2 is 1.76 bits per heavy atom. The van der Waals surface area contributed by atoms with Crippen molar-refractivity contribution in [3.05, 3.63) is 65.0 Å². The number of carbonyl (C=O) groups excluding carboxylic acids is 2. The normalized spacial score (nSPS) is 10.0. The third-order valence-electron chi connectivity index (χ3n) is 2.94. The highest BCUT2D eigenvalue weighted by Crippen LogP contribution is 2.06. The number of aryl methyl sites for hydroxylation is 1. The monoisotopic (exact) mass is 284 g/mol. The largest absolute Gasteiger partial charge is 0.465 e. The molecule has 5 heteroatoms. The number of esters is 1. The zero-order chi connectivity index (χ0) is 15.2. The summed E-state index contributed by atoms with van der Waals surface area (Å²) in [4.78, 5) is 27.6. The van der Waals surface area contributed by atoms with E-state index < -0.39 is 5.97 Å². The Balaban J connectivity index is 1.99. The van der Waals surface area contributed by atoms with Crippen molar-refractivity contribution in [2.75, 3.05) is 7.11 Å². The summed E-state index contributed by atoms with van der Waals surface area (Å²) in [6, 6.07) is 12.0. The zero-order valence-corrected chi connectivity index (χ0v) is 11.9. The number of nitrogens with zero attached hydrogens (tertiary/aromatic N) is 1. The lowest BCUT2D eigenvalue weighted by Gasteiger charge is -2.06. The van der Waals surface area contributed by atoms with Gasteiger partial charge in [0, 0.05) is 11.3 Å². The Bertz CT molecular complexity index is 651. The molecule has 0 spiro atoms. The lowest BCUT2D eigenvalue weighted by atomic mass is 10.1. The summed E-state index contributed by atoms with van der Waals surface area (Å²) in [6.45, 7) is 2.26. The number of methoxy groups -OCH3 is 1. The highest BCUT2D eigenvalue weighted by atomic mass is 16.5. The second-order valence-corrected chi connectivity index (χ2v) is 4.52. The first-order chi connectivity index (χ1) is 10.1. The van der Waals surface area contributed by atoms with Crippen LogP contribution in [-0.4, -0.2) is 24.0 Å². The first-order valence-electron chi connectivity index (χ1n) is 6.49. The van der Waals surface area contributed by atoms with Gasteiger partial charge in [-0.3, -0.25) is 9.78 Å². The molecule has 108 valence electrons. The van der Waals surface area contributed by atoms with E-state index in [1.807, 2.05) is 25.1 Å². The van der Waals surface area contributed by atoms with Crippen LogP contribution >= 0.6 is 0 Å². The molecule has 1 amide bonds. The fourth-order valence-corrected chi connectivity index (χ4v) is 1.85. The Labute approximate surface area is 123 Å². The van der Waals surface area contributed by atoms with Crippen LogP contribution in [0.15, 0.2) is 42.5 Å². The van der Waals surface area contributed by atoms with Crippen molar-refractivity contribution in [2.24, 2.45) is 0 Å². The van der Waals surface area contributed by atoms with Crippen LogP contribution < -0.4 is 5.32 Å². The molecule has 1 aromatic carbocycles. The number of hydrogen-bond acceptors (Lipinski definition) is 4. The van der Waals surface area contributed by atoms with Crippen LogP contribution in [0.25, 0.3) is 0 Å². The Kier molecular flexibility index (Phi) is 4.66. The predicted molar refractivity (Wildman–Crippen MR) is 77.9 cm³/mol. The molecule has 0 fully saturated rings. The molecule has 2 rings (SSSR count). The second kappa shape index (κ2) is 6.65. The number of amides is 1. The van der Waals surface area contributed by atoms with Crippen molar-refractivity contribution in [1.82, 2.24) is 10.3 Å². The van der Waals surface area contributed by atoms with Gasteiger partial charge in [-0.25, -0.2) is 4.79 Å². The van der Waals surface area contributed by atoms with Gasteiger partial charge in [0.25, 0.3) is 5.91 Å². The molecule has 0 unspecified atom stereocenters. The van der Waals surface area contributed by atoms with E-state index in [4.69, 9.17) is 0 Å². The third-order valence-corrected chi connectivity index (χ3v) is 2.94. The summed E-state index contributed by atoms with van der Waals surface area (Å²) in [5.74, 6) is -0.638. The SMILES string of the molecule is COC(=O)c1ccc(C(=O)NCc2cccc(C)n2)cc1. The predicted octanol–water partition coefficient (Wildman–Crippen LogP) is 2.11. The number of nitrogens with one attached hydrogen (secondary N) is 1. The highest BCUT2D eigenvalue weighted by Gasteiger charge is 2.09. The quantitative estimate of drug-likeness (QED) is 0.873. The van der Waals surface area contributed by atoms with E-state index >= 15 is 0 Å². The van der Waals surface area contributed by atoms with E-state index in [-0.39, 0.29) is 5.91 Å². The summed E-state index contributed by atoms with van der Waals surface area (Å²) < 4.78 is 4.61. The van der Waals surface area contributed by atoms with Gasteiger partial charge in [0.05, 0.1) is 24.9 Å². The number of carbonyl (C=O) groups is 2. The maximum atomic E-state index is 12.0. The van der Waals surface area contributed by atoms with Crippen molar-refractivity contribution < 1.29 is 14.3 Å². The first kappa shape index (κ1) is 14.7. The summed E-state index contributed by atoms with van der Waals surface area (Å²) >= 11 is 0. The molecule has 21 heavy (non-hydrogen) atoms. The minimum atomic E-state index is -0.425. The summed E-state index contributed by atoms with van der Waals surface area (Å²) in [6.07, 6.45) is 0. The number of hydrogen-bond donors (Lipinski definition) is 1. The van der Waals surface area contributed by atoms with Crippen LogP contribution in [0.1, 0.15) is 32.1 Å². The molecule has 0 saturated heterocycles. The van der Waals surface area contributed by atoms with Gasteiger partial charge in [-0.15, -0.1) is 0 Å². The fourth-order valence-electron chi connectivity index (χ4n) is 1.85. The van der Waals surface area contributed by atoms with Crippen molar-refractivity contribution in [3.8, 4) is 0 Å². The summed E-state index contributed by atoms with van der Waals surface area (Å²) in [5, 5.41) is 2.79. The first-order valence-corrected chi connectivity index (χ1v) is 6.49. The van der Waals surface area contributed by atoms with Crippen molar-refractivity contribution in [2.45, 2.75) is 13.5 Å². The molecule has 1 N–H and O–H groups in total. The Morgan fingerprint density at radius 1 is 1.10 bits per heavy atom. The van der Waals surface area contributed by atoms with Crippen LogP contribution in [-0.2, 0) is 11.3 Å². The number of ether oxygens (including phenoxy) is 1. The topological polar surface area (TPSA) is 68.3 Å². The summed E-state index contributed by atoms with van der Waals surface area (Å²) in [5.41, 5.74) is 2.60. The van der Waals surface area contributed by atoms with E-state index in [0.717, 1.165) is 11.4 Å². The fraction of sp³-hybridized carbons (Fsp3) is 0.188. The standard InChI is InChI=1S/C16H16N2O3/c1-11-4-3-5-14(18-11)10-17-15(19)12-6-8-13(9-7-12)16(20)21-2/h3-9H,10H2,1-2H3,(H,17,19). The molecule has 0 bridgehead atoms. The van der Waals surface area contributed by atoms with Crippen LogP contribution in [0.4, 0.5) is 0 Å². The molecule has 0 saturated carbocycles. The van der Waals surface area contributed by atoms with Gasteiger partial charge < -0.3 is 10.1 Å². The van der Waals surface area contributed by atoms with Gasteiger partial charge in [-0.05, 0) is 43.3 Å². The maximum Gasteiger partial charge on any atom is 0.337 e. The number of aromatic nitrogens is 1. The minimum Gasteiger partial charge on any atom is -0.465 e. The molecule has 0 aliphatic rings. The molecule has 0 atom stereocenters. The Hall–Kier alpha value is -2.69. The minimum absolute atomic E-state index is 0.213. The lowest BCUT2D eigenvalue weighted by molar-refractivity contribution is 0.0600. The van der Waals surface area contributed by atoms with Gasteiger partial charge in [-0.2, -0.15) is 0 Å². The van der Waals surface area contributed by atoms with Gasteiger partial charge in [0.2, 0.25) is 0 Å². The smallest absolute Gasteiger partial charge is 0.337 e. The van der Waals surface area contributed by atoms with Gasteiger partial charge in [0.1, 0.15) is 0 Å². The van der Waals surface area contributed by atoms with E-state index in [1.54, 1.807) is 24.3 Å². The van der Waals surface area contributed by atoms with E-state index in [9.17, 15) is 9.59 Å². The molecule has 0 aliphatic carbocycles. The van der Waals surface area contributed by atoms with Crippen molar-refractivity contribution >= 4 is 11.9 Å². The molecule has 0 aliphatic heterocycles. The zero-order valence-electron chi connectivity index (χ0n) is 11.9. The molecule has 1 heterocycles. The highest BCUT2D eigenvalue weighted by molar-refractivity contribution is 5.96.